The maximum absolute atomic E-state index is 11.9. The highest BCUT2D eigenvalue weighted by Crippen LogP contribution is 2.13. The van der Waals surface area contributed by atoms with E-state index >= 15 is 0 Å². The molecule has 21 heavy (non-hydrogen) atoms. The van der Waals surface area contributed by atoms with Crippen LogP contribution < -0.4 is 5.32 Å². The fraction of sp³-hybridized carbons (Fsp3) is 0.562. The number of nitro groups is 1. The van der Waals surface area contributed by atoms with Crippen molar-refractivity contribution in [2.24, 2.45) is 5.92 Å². The van der Waals surface area contributed by atoms with E-state index in [0.717, 1.165) is 18.4 Å². The van der Waals surface area contributed by atoms with Crippen LogP contribution in [0.1, 0.15) is 45.1 Å². The highest BCUT2D eigenvalue weighted by molar-refractivity contribution is 5.78. The molecule has 0 saturated heterocycles. The van der Waals surface area contributed by atoms with Gasteiger partial charge in [-0.1, -0.05) is 45.2 Å². The van der Waals surface area contributed by atoms with Crippen molar-refractivity contribution in [2.75, 3.05) is 6.54 Å². The molecule has 5 nitrogen and oxygen atoms in total. The van der Waals surface area contributed by atoms with E-state index in [2.05, 4.69) is 19.2 Å². The lowest BCUT2D eigenvalue weighted by Crippen LogP contribution is -2.30. The molecule has 0 spiro atoms. The SMILES string of the molecule is CCCC[C@@H](CC)CNC(=O)Cc1ccc([N+](=O)[O-])cc1. The monoisotopic (exact) mass is 292 g/mol. The molecule has 1 N–H and O–H groups in total. The average Bonchev–Trinajstić information content (AvgIpc) is 2.48. The lowest BCUT2D eigenvalue weighted by Gasteiger charge is -2.15. The molecule has 0 fully saturated rings. The van der Waals surface area contributed by atoms with Gasteiger partial charge in [-0.2, -0.15) is 0 Å². The Bertz CT molecular complexity index is 457. The van der Waals surface area contributed by atoms with E-state index in [1.807, 2.05) is 0 Å². The summed E-state index contributed by atoms with van der Waals surface area (Å²) in [6.07, 6.45) is 4.84. The number of rotatable bonds is 9. The minimum atomic E-state index is -0.441. The van der Waals surface area contributed by atoms with Crippen molar-refractivity contribution >= 4 is 11.6 Å². The summed E-state index contributed by atoms with van der Waals surface area (Å²) in [7, 11) is 0. The second kappa shape index (κ2) is 9.10. The van der Waals surface area contributed by atoms with Gasteiger partial charge < -0.3 is 5.32 Å². The molecule has 0 unspecified atom stereocenters. The summed E-state index contributed by atoms with van der Waals surface area (Å²) in [5, 5.41) is 13.5. The number of benzene rings is 1. The van der Waals surface area contributed by atoms with Gasteiger partial charge in [0, 0.05) is 18.7 Å². The Kier molecular flexibility index (Phi) is 7.43. The Morgan fingerprint density at radius 1 is 1.29 bits per heavy atom. The van der Waals surface area contributed by atoms with Crippen LogP contribution in [-0.4, -0.2) is 17.4 Å². The zero-order valence-corrected chi connectivity index (χ0v) is 12.8. The van der Waals surface area contributed by atoms with Crippen LogP contribution in [0.5, 0.6) is 0 Å². The van der Waals surface area contributed by atoms with E-state index in [4.69, 9.17) is 0 Å². The molecule has 1 amide bonds. The number of nitro benzene ring substituents is 1. The predicted molar refractivity (Wildman–Crippen MR) is 83.1 cm³/mol. The molecular formula is C16H24N2O3. The normalized spacial score (nSPS) is 11.9. The summed E-state index contributed by atoms with van der Waals surface area (Å²) < 4.78 is 0. The maximum Gasteiger partial charge on any atom is 0.269 e. The third-order valence-corrected chi connectivity index (χ3v) is 3.64. The molecule has 1 aromatic carbocycles. The molecule has 0 aliphatic heterocycles. The standard InChI is InChI=1S/C16H24N2O3/c1-3-5-6-13(4-2)12-17-16(19)11-14-7-9-15(10-8-14)18(20)21/h7-10,13H,3-6,11-12H2,1-2H3,(H,17,19)/t13-/m1/s1. The maximum atomic E-state index is 11.9. The van der Waals surface area contributed by atoms with Gasteiger partial charge in [0.15, 0.2) is 0 Å². The van der Waals surface area contributed by atoms with E-state index in [-0.39, 0.29) is 18.0 Å². The van der Waals surface area contributed by atoms with Crippen LogP contribution in [0.3, 0.4) is 0 Å². The first-order valence-electron chi connectivity index (χ1n) is 7.56. The minimum absolute atomic E-state index is 0.0289. The molecule has 0 heterocycles. The first-order chi connectivity index (χ1) is 10.1. The van der Waals surface area contributed by atoms with Gasteiger partial charge in [-0.3, -0.25) is 14.9 Å². The summed E-state index contributed by atoms with van der Waals surface area (Å²) in [6, 6.07) is 6.12. The molecule has 1 atom stereocenters. The van der Waals surface area contributed by atoms with Crippen molar-refractivity contribution in [1.82, 2.24) is 5.32 Å². The number of unbranched alkanes of at least 4 members (excludes halogenated alkanes) is 1. The Hall–Kier alpha value is -1.91. The lowest BCUT2D eigenvalue weighted by atomic mass is 9.99. The van der Waals surface area contributed by atoms with Crippen molar-refractivity contribution in [1.29, 1.82) is 0 Å². The molecule has 1 aromatic rings. The van der Waals surface area contributed by atoms with Crippen molar-refractivity contribution in [2.45, 2.75) is 46.0 Å². The molecule has 116 valence electrons. The second-order valence-corrected chi connectivity index (χ2v) is 5.32. The number of hydrogen-bond acceptors (Lipinski definition) is 3. The number of carbonyl (C=O) groups is 1. The number of carbonyl (C=O) groups excluding carboxylic acids is 1. The zero-order chi connectivity index (χ0) is 15.7. The molecule has 5 heteroatoms. The topological polar surface area (TPSA) is 72.2 Å². The van der Waals surface area contributed by atoms with Gasteiger partial charge in [0.1, 0.15) is 0 Å². The molecule has 1 rings (SSSR count). The smallest absolute Gasteiger partial charge is 0.269 e. The predicted octanol–water partition coefficient (Wildman–Crippen LogP) is 3.47. The Morgan fingerprint density at radius 3 is 2.48 bits per heavy atom. The highest BCUT2D eigenvalue weighted by Gasteiger charge is 2.10. The van der Waals surface area contributed by atoms with Crippen LogP contribution in [0, 0.1) is 16.0 Å². The number of hydrogen-bond donors (Lipinski definition) is 1. The lowest BCUT2D eigenvalue weighted by molar-refractivity contribution is -0.384. The van der Waals surface area contributed by atoms with Crippen LogP contribution in [-0.2, 0) is 11.2 Å². The Labute approximate surface area is 125 Å². The fourth-order valence-electron chi connectivity index (χ4n) is 2.18. The average molecular weight is 292 g/mol. The first kappa shape index (κ1) is 17.1. The zero-order valence-electron chi connectivity index (χ0n) is 12.8. The molecular weight excluding hydrogens is 268 g/mol. The first-order valence-corrected chi connectivity index (χ1v) is 7.56. The van der Waals surface area contributed by atoms with Crippen LogP contribution in [0.4, 0.5) is 5.69 Å². The largest absolute Gasteiger partial charge is 0.356 e. The van der Waals surface area contributed by atoms with Gasteiger partial charge in [0.25, 0.3) is 5.69 Å². The van der Waals surface area contributed by atoms with Gasteiger partial charge in [0.05, 0.1) is 11.3 Å². The van der Waals surface area contributed by atoms with Crippen LogP contribution in [0.2, 0.25) is 0 Å². The summed E-state index contributed by atoms with van der Waals surface area (Å²) in [5.74, 6) is 0.504. The molecule has 0 aliphatic rings. The summed E-state index contributed by atoms with van der Waals surface area (Å²) in [4.78, 5) is 22.0. The third-order valence-electron chi connectivity index (χ3n) is 3.64. The number of nitrogens with zero attached hydrogens (tertiary/aromatic N) is 1. The molecule has 0 aliphatic carbocycles. The summed E-state index contributed by atoms with van der Waals surface area (Å²) in [6.45, 7) is 5.02. The Morgan fingerprint density at radius 2 is 1.95 bits per heavy atom. The molecule has 0 saturated carbocycles. The van der Waals surface area contributed by atoms with E-state index in [0.29, 0.717) is 12.5 Å². The van der Waals surface area contributed by atoms with E-state index in [9.17, 15) is 14.9 Å². The van der Waals surface area contributed by atoms with Crippen LogP contribution in [0.25, 0.3) is 0 Å². The van der Waals surface area contributed by atoms with E-state index in [1.54, 1.807) is 12.1 Å². The minimum Gasteiger partial charge on any atom is -0.356 e. The third kappa shape index (κ3) is 6.38. The van der Waals surface area contributed by atoms with Gasteiger partial charge in [-0.15, -0.1) is 0 Å². The number of amides is 1. The van der Waals surface area contributed by atoms with Crippen molar-refractivity contribution < 1.29 is 9.72 Å². The molecule has 0 bridgehead atoms. The van der Waals surface area contributed by atoms with Gasteiger partial charge in [-0.25, -0.2) is 0 Å². The van der Waals surface area contributed by atoms with Crippen LogP contribution >= 0.6 is 0 Å². The van der Waals surface area contributed by atoms with Crippen LogP contribution in [0.15, 0.2) is 24.3 Å². The van der Waals surface area contributed by atoms with E-state index in [1.165, 1.54) is 25.0 Å². The Balaban J connectivity index is 2.40. The fourth-order valence-corrected chi connectivity index (χ4v) is 2.18. The second-order valence-electron chi connectivity index (χ2n) is 5.32. The van der Waals surface area contributed by atoms with Gasteiger partial charge in [0.2, 0.25) is 5.91 Å². The summed E-state index contributed by atoms with van der Waals surface area (Å²) >= 11 is 0. The quantitative estimate of drug-likeness (QED) is 0.559. The highest BCUT2D eigenvalue weighted by atomic mass is 16.6. The number of nitrogens with one attached hydrogen (secondary N) is 1. The van der Waals surface area contributed by atoms with Gasteiger partial charge in [-0.05, 0) is 17.9 Å². The summed E-state index contributed by atoms with van der Waals surface area (Å²) in [5.41, 5.74) is 0.837. The van der Waals surface area contributed by atoms with Gasteiger partial charge >= 0.3 is 0 Å². The van der Waals surface area contributed by atoms with E-state index < -0.39 is 4.92 Å². The van der Waals surface area contributed by atoms with Crippen molar-refractivity contribution in [3.63, 3.8) is 0 Å². The van der Waals surface area contributed by atoms with Crippen molar-refractivity contribution in [3.8, 4) is 0 Å². The number of non-ortho nitro benzene ring substituents is 1. The van der Waals surface area contributed by atoms with Crippen molar-refractivity contribution in [3.05, 3.63) is 39.9 Å². The molecule has 0 radical (unpaired) electrons. The molecule has 0 aromatic heterocycles.